The molecule has 0 saturated carbocycles. The van der Waals surface area contributed by atoms with Crippen molar-refractivity contribution in [3.63, 3.8) is 0 Å². The largest absolute Gasteiger partial charge is 0.491 e. The molecule has 0 saturated heterocycles. The van der Waals surface area contributed by atoms with Crippen molar-refractivity contribution in [2.75, 3.05) is 24.5 Å². The number of guanidine groups is 1. The monoisotopic (exact) mass is 600 g/mol. The zero-order valence-corrected chi connectivity index (χ0v) is 22.8. The second-order valence-electron chi connectivity index (χ2n) is 9.26. The number of amides is 3. The van der Waals surface area contributed by atoms with E-state index < -0.39 is 54.8 Å². The highest BCUT2D eigenvalue weighted by atomic mass is 19.4. The van der Waals surface area contributed by atoms with Crippen LogP contribution >= 0.6 is 0 Å². The third-order valence-corrected chi connectivity index (χ3v) is 6.01. The minimum absolute atomic E-state index is 0.00617. The number of nitrogens with two attached hydrogens (primary N) is 2. The second kappa shape index (κ2) is 14.0. The number of aliphatic imine (C=N–C) groups is 1. The number of nitrogens with zero attached hydrogens (tertiary/aromatic N) is 3. The van der Waals surface area contributed by atoms with E-state index in [-0.39, 0.29) is 42.4 Å². The molecule has 1 aliphatic rings. The standard InChI is InChI=1S/C28H27F3N6O6/c1-17(13-24(40)43-26(42)28(29,30)31)36-16-23(39)37(15-19-5-3-2-4-6-19)21-9-7-18(14-20(21)25(36)41)8-10-22(38)34-11-12-35-27(32)33/h2-7,9,14,17H,11-13,15-16H2,1H3,(H,34,38)(H4,32,33,35). The van der Waals surface area contributed by atoms with Crippen LogP contribution in [0.25, 0.3) is 0 Å². The number of ether oxygens (including phenoxy) is 1. The van der Waals surface area contributed by atoms with Crippen LogP contribution in [0, 0.1) is 11.8 Å². The van der Waals surface area contributed by atoms with Gasteiger partial charge in [0.1, 0.15) is 6.54 Å². The van der Waals surface area contributed by atoms with Crippen molar-refractivity contribution >= 4 is 41.3 Å². The summed E-state index contributed by atoms with van der Waals surface area (Å²) in [6, 6.07) is 12.1. The van der Waals surface area contributed by atoms with E-state index in [1.807, 2.05) is 0 Å². The predicted octanol–water partition coefficient (Wildman–Crippen LogP) is 0.827. The highest BCUT2D eigenvalue weighted by Gasteiger charge is 2.43. The summed E-state index contributed by atoms with van der Waals surface area (Å²) in [5.41, 5.74) is 11.6. The summed E-state index contributed by atoms with van der Waals surface area (Å²) < 4.78 is 41.4. The zero-order valence-electron chi connectivity index (χ0n) is 22.8. The van der Waals surface area contributed by atoms with Crippen molar-refractivity contribution in [2.24, 2.45) is 16.5 Å². The van der Waals surface area contributed by atoms with E-state index in [9.17, 15) is 37.1 Å². The molecule has 43 heavy (non-hydrogen) atoms. The van der Waals surface area contributed by atoms with Crippen molar-refractivity contribution in [1.82, 2.24) is 10.2 Å². The Hall–Kier alpha value is -5.39. The molecule has 15 heteroatoms. The van der Waals surface area contributed by atoms with Gasteiger partial charge < -0.3 is 31.3 Å². The van der Waals surface area contributed by atoms with Crippen molar-refractivity contribution in [3.05, 3.63) is 65.2 Å². The van der Waals surface area contributed by atoms with Gasteiger partial charge in [-0.2, -0.15) is 13.2 Å². The molecule has 5 N–H and O–H groups in total. The lowest BCUT2D eigenvalue weighted by atomic mass is 10.1. The van der Waals surface area contributed by atoms with Gasteiger partial charge in [-0.3, -0.25) is 24.2 Å². The number of anilines is 1. The Morgan fingerprint density at radius 3 is 2.47 bits per heavy atom. The van der Waals surface area contributed by atoms with Crippen LogP contribution in [-0.2, 0) is 30.5 Å². The number of rotatable bonds is 8. The number of nitrogens with one attached hydrogen (secondary N) is 1. The Balaban J connectivity index is 1.91. The highest BCUT2D eigenvalue weighted by Crippen LogP contribution is 2.30. The Bertz CT molecular complexity index is 1500. The molecule has 12 nitrogen and oxygen atoms in total. The number of carbonyl (C=O) groups excluding carboxylic acids is 5. The molecular formula is C28H27F3N6O6. The molecule has 3 rings (SSSR count). The number of hydrogen-bond acceptors (Lipinski definition) is 7. The van der Waals surface area contributed by atoms with E-state index in [0.717, 1.165) is 10.5 Å². The number of benzene rings is 2. The highest BCUT2D eigenvalue weighted by molar-refractivity contribution is 6.10. The van der Waals surface area contributed by atoms with E-state index in [2.05, 4.69) is 26.9 Å². The molecule has 1 unspecified atom stereocenters. The molecule has 3 amide bonds. The third-order valence-electron chi connectivity index (χ3n) is 6.01. The SMILES string of the molecule is CC(CC(=O)OC(=O)C(F)(F)F)N1CC(=O)N(Cc2ccccc2)c2ccc(C#CC(=O)NCCN=C(N)N)cc2C1=O. The van der Waals surface area contributed by atoms with Crippen molar-refractivity contribution in [2.45, 2.75) is 32.1 Å². The Morgan fingerprint density at radius 1 is 1.12 bits per heavy atom. The molecule has 0 aliphatic carbocycles. The Kier molecular flexibility index (Phi) is 10.5. The first-order chi connectivity index (χ1) is 20.3. The molecule has 2 aromatic rings. The average molecular weight is 601 g/mol. The molecule has 0 radical (unpaired) electrons. The van der Waals surface area contributed by atoms with E-state index in [1.165, 1.54) is 30.0 Å². The lowest BCUT2D eigenvalue weighted by Crippen LogP contribution is -2.44. The molecule has 0 bridgehead atoms. The van der Waals surface area contributed by atoms with Crippen molar-refractivity contribution < 1.29 is 41.9 Å². The van der Waals surface area contributed by atoms with Gasteiger partial charge in [0.2, 0.25) is 5.91 Å². The number of hydrogen-bond donors (Lipinski definition) is 3. The van der Waals surface area contributed by atoms with Gasteiger partial charge in [-0.25, -0.2) is 4.79 Å². The van der Waals surface area contributed by atoms with Crippen LogP contribution in [0.1, 0.15) is 34.8 Å². The lowest BCUT2D eigenvalue weighted by molar-refractivity contribution is -0.202. The summed E-state index contributed by atoms with van der Waals surface area (Å²) in [4.78, 5) is 68.4. The predicted molar refractivity (Wildman–Crippen MR) is 147 cm³/mol. The van der Waals surface area contributed by atoms with Crippen LogP contribution in [0.4, 0.5) is 18.9 Å². The molecule has 226 valence electrons. The average Bonchev–Trinajstić information content (AvgIpc) is 3.04. The summed E-state index contributed by atoms with van der Waals surface area (Å²) in [5, 5.41) is 2.50. The second-order valence-corrected chi connectivity index (χ2v) is 9.26. The smallest absolute Gasteiger partial charge is 0.386 e. The fourth-order valence-electron chi connectivity index (χ4n) is 3.99. The van der Waals surface area contributed by atoms with Crippen LogP contribution in [0.2, 0.25) is 0 Å². The summed E-state index contributed by atoms with van der Waals surface area (Å²) in [7, 11) is 0. The first kappa shape index (κ1) is 32.1. The van der Waals surface area contributed by atoms with Gasteiger partial charge >= 0.3 is 18.1 Å². The molecule has 0 aromatic heterocycles. The maximum Gasteiger partial charge on any atom is 0.491 e. The number of alkyl halides is 3. The minimum Gasteiger partial charge on any atom is -0.386 e. The molecule has 0 spiro atoms. The van der Waals surface area contributed by atoms with Gasteiger partial charge in [-0.05, 0) is 30.7 Å². The fourth-order valence-corrected chi connectivity index (χ4v) is 3.99. The fraction of sp³-hybridized carbons (Fsp3) is 0.286. The molecular weight excluding hydrogens is 573 g/mol. The van der Waals surface area contributed by atoms with Gasteiger partial charge in [0.15, 0.2) is 5.96 Å². The summed E-state index contributed by atoms with van der Waals surface area (Å²) >= 11 is 0. The number of fused-ring (bicyclic) bond motifs is 1. The number of halogens is 3. The van der Waals surface area contributed by atoms with Gasteiger partial charge in [0.05, 0.1) is 30.8 Å². The van der Waals surface area contributed by atoms with Gasteiger partial charge in [0, 0.05) is 24.1 Å². The van der Waals surface area contributed by atoms with E-state index in [1.54, 1.807) is 30.3 Å². The molecule has 0 fully saturated rings. The van der Waals surface area contributed by atoms with Crippen LogP contribution in [-0.4, -0.2) is 72.4 Å². The maximum atomic E-state index is 13.7. The van der Waals surface area contributed by atoms with Crippen molar-refractivity contribution in [1.29, 1.82) is 0 Å². The van der Waals surface area contributed by atoms with Crippen LogP contribution in [0.3, 0.4) is 0 Å². The van der Waals surface area contributed by atoms with Crippen LogP contribution < -0.4 is 21.7 Å². The molecule has 1 aliphatic heterocycles. The van der Waals surface area contributed by atoms with Crippen LogP contribution in [0.15, 0.2) is 53.5 Å². The number of esters is 2. The molecule has 2 aromatic carbocycles. The first-order valence-corrected chi connectivity index (χ1v) is 12.7. The molecule has 1 atom stereocenters. The Morgan fingerprint density at radius 2 is 1.81 bits per heavy atom. The Labute approximate surface area is 243 Å². The summed E-state index contributed by atoms with van der Waals surface area (Å²) in [6.07, 6.45) is -6.18. The summed E-state index contributed by atoms with van der Waals surface area (Å²) in [6.45, 7) is 1.14. The minimum atomic E-state index is -5.38. The van der Waals surface area contributed by atoms with Crippen molar-refractivity contribution in [3.8, 4) is 11.8 Å². The number of carbonyl (C=O) groups is 5. The van der Waals surface area contributed by atoms with Crippen LogP contribution in [0.5, 0.6) is 0 Å². The van der Waals surface area contributed by atoms with E-state index >= 15 is 0 Å². The maximum absolute atomic E-state index is 13.7. The lowest BCUT2D eigenvalue weighted by Gasteiger charge is -2.27. The summed E-state index contributed by atoms with van der Waals surface area (Å²) in [5.74, 6) is -1.25. The first-order valence-electron chi connectivity index (χ1n) is 12.7. The van der Waals surface area contributed by atoms with Gasteiger partial charge in [0.25, 0.3) is 11.8 Å². The van der Waals surface area contributed by atoms with E-state index in [4.69, 9.17) is 11.5 Å². The molecule has 1 heterocycles. The normalized spacial score (nSPS) is 13.6. The topological polar surface area (TPSA) is 177 Å². The van der Waals surface area contributed by atoms with Gasteiger partial charge in [-0.1, -0.05) is 36.3 Å². The third kappa shape index (κ3) is 9.05. The quantitative estimate of drug-likeness (QED) is 0.0996. The zero-order chi connectivity index (χ0) is 31.7. The van der Waals surface area contributed by atoms with E-state index in [0.29, 0.717) is 0 Å². The van der Waals surface area contributed by atoms with Gasteiger partial charge in [-0.15, -0.1) is 0 Å².